The molecule has 6 rings (SSSR count). The lowest BCUT2D eigenvalue weighted by Crippen LogP contribution is -2.41. The quantitative estimate of drug-likeness (QED) is 0.627. The molecule has 3 aliphatic rings. The van der Waals surface area contributed by atoms with Crippen molar-refractivity contribution in [2.75, 3.05) is 46.2 Å². The molecule has 0 radical (unpaired) electrons. The number of halogens is 1. The minimum absolute atomic E-state index is 0.0381. The van der Waals surface area contributed by atoms with E-state index in [2.05, 4.69) is 4.90 Å². The van der Waals surface area contributed by atoms with Crippen molar-refractivity contribution in [3.63, 3.8) is 0 Å². The number of nitrogens with zero attached hydrogens (tertiary/aromatic N) is 2. The van der Waals surface area contributed by atoms with Crippen molar-refractivity contribution < 1.29 is 23.4 Å². The first-order chi connectivity index (χ1) is 15.7. The third-order valence-corrected chi connectivity index (χ3v) is 6.53. The second kappa shape index (κ2) is 7.76. The predicted molar refractivity (Wildman–Crippen MR) is 117 cm³/mol. The van der Waals surface area contributed by atoms with Crippen LogP contribution in [0.25, 0.3) is 21.9 Å². The van der Waals surface area contributed by atoms with Crippen molar-refractivity contribution in [1.29, 1.82) is 0 Å². The molecule has 6 nitrogen and oxygen atoms in total. The van der Waals surface area contributed by atoms with E-state index >= 15 is 0 Å². The first kappa shape index (κ1) is 19.5. The molecule has 0 bridgehead atoms. The number of amides is 1. The molecule has 164 valence electrons. The van der Waals surface area contributed by atoms with Gasteiger partial charge in [0.25, 0.3) is 5.91 Å². The van der Waals surface area contributed by atoms with Crippen molar-refractivity contribution in [3.05, 3.63) is 59.4 Å². The molecule has 0 aliphatic carbocycles. The Bertz CT molecular complexity index is 1210. The van der Waals surface area contributed by atoms with Gasteiger partial charge in [0.2, 0.25) is 6.79 Å². The van der Waals surface area contributed by atoms with E-state index in [1.165, 1.54) is 12.1 Å². The summed E-state index contributed by atoms with van der Waals surface area (Å²) in [4.78, 5) is 17.6. The van der Waals surface area contributed by atoms with Gasteiger partial charge >= 0.3 is 0 Å². The fourth-order valence-corrected chi connectivity index (χ4v) is 4.84. The summed E-state index contributed by atoms with van der Waals surface area (Å²) in [7, 11) is 0. The highest BCUT2D eigenvalue weighted by molar-refractivity contribution is 6.09. The molecular weight excluding hydrogens is 411 g/mol. The average Bonchev–Trinajstić information content (AvgIpc) is 3.40. The van der Waals surface area contributed by atoms with Crippen LogP contribution in [0.5, 0.6) is 11.5 Å². The van der Waals surface area contributed by atoms with Crippen LogP contribution in [0.2, 0.25) is 0 Å². The van der Waals surface area contributed by atoms with Crippen LogP contribution in [-0.2, 0) is 11.3 Å². The summed E-state index contributed by atoms with van der Waals surface area (Å²) < 4.78 is 30.3. The zero-order valence-corrected chi connectivity index (χ0v) is 17.6. The fourth-order valence-electron chi connectivity index (χ4n) is 4.84. The van der Waals surface area contributed by atoms with Gasteiger partial charge in [-0.1, -0.05) is 12.1 Å². The molecule has 0 aromatic heterocycles. The van der Waals surface area contributed by atoms with Gasteiger partial charge in [-0.3, -0.25) is 9.69 Å². The van der Waals surface area contributed by atoms with Gasteiger partial charge in [-0.25, -0.2) is 4.39 Å². The number of hydrogen-bond acceptors (Lipinski definition) is 5. The summed E-state index contributed by atoms with van der Waals surface area (Å²) in [5, 5.41) is 1.89. The number of rotatable bonds is 4. The lowest BCUT2D eigenvalue weighted by atomic mass is 9.90. The van der Waals surface area contributed by atoms with Gasteiger partial charge in [0.05, 0.1) is 13.2 Å². The first-order valence-electron chi connectivity index (χ1n) is 10.9. The number of carbonyl (C=O) groups excluding carboxylic acids is 1. The second-order valence-electron chi connectivity index (χ2n) is 8.39. The van der Waals surface area contributed by atoms with Gasteiger partial charge in [-0.2, -0.15) is 0 Å². The highest BCUT2D eigenvalue weighted by Crippen LogP contribution is 2.44. The number of fused-ring (bicyclic) bond motifs is 3. The number of carbonyl (C=O) groups is 1. The Morgan fingerprint density at radius 1 is 0.938 bits per heavy atom. The Hall–Kier alpha value is -3.16. The van der Waals surface area contributed by atoms with E-state index < -0.39 is 0 Å². The zero-order valence-electron chi connectivity index (χ0n) is 17.6. The Labute approximate surface area is 185 Å². The summed E-state index contributed by atoms with van der Waals surface area (Å²) in [5.74, 6) is 1.12. The number of hydrogen-bond donors (Lipinski definition) is 0. The van der Waals surface area contributed by atoms with Crippen LogP contribution in [0.3, 0.4) is 0 Å². The standard InChI is InChI=1S/C25H23FN2O4/c26-18-3-1-16(2-4-18)24-19-13-23-22(31-15-32-23)12-17(19)11-20-21(24)14-28(25(20)29)6-5-27-7-9-30-10-8-27/h1-4,11-13H,5-10,14-15H2. The molecule has 0 spiro atoms. The van der Waals surface area contributed by atoms with Gasteiger partial charge < -0.3 is 19.1 Å². The molecule has 32 heavy (non-hydrogen) atoms. The van der Waals surface area contributed by atoms with Crippen LogP contribution >= 0.6 is 0 Å². The highest BCUT2D eigenvalue weighted by Gasteiger charge is 2.32. The smallest absolute Gasteiger partial charge is 0.254 e. The normalized spacial score (nSPS) is 17.9. The monoisotopic (exact) mass is 434 g/mol. The molecule has 1 fully saturated rings. The topological polar surface area (TPSA) is 51.2 Å². The predicted octanol–water partition coefficient (Wildman–Crippen LogP) is 3.66. The van der Waals surface area contributed by atoms with Gasteiger partial charge in [-0.05, 0) is 57.8 Å². The molecule has 1 saturated heterocycles. The van der Waals surface area contributed by atoms with E-state index in [4.69, 9.17) is 14.2 Å². The van der Waals surface area contributed by atoms with E-state index in [1.807, 2.05) is 23.1 Å². The maximum absolute atomic E-state index is 13.7. The summed E-state index contributed by atoms with van der Waals surface area (Å²) in [6.45, 7) is 5.48. The van der Waals surface area contributed by atoms with Gasteiger partial charge in [0.15, 0.2) is 11.5 Å². The Morgan fingerprint density at radius 3 is 2.47 bits per heavy atom. The molecule has 3 aliphatic heterocycles. The van der Waals surface area contributed by atoms with E-state index in [9.17, 15) is 9.18 Å². The first-order valence-corrected chi connectivity index (χ1v) is 10.9. The van der Waals surface area contributed by atoms with Crippen molar-refractivity contribution in [2.45, 2.75) is 6.54 Å². The van der Waals surface area contributed by atoms with Crippen LogP contribution in [-0.4, -0.2) is 61.9 Å². The molecular formula is C25H23FN2O4. The van der Waals surface area contributed by atoms with Crippen molar-refractivity contribution in [1.82, 2.24) is 9.80 Å². The number of benzene rings is 3. The summed E-state index contributed by atoms with van der Waals surface area (Å²) in [6, 6.07) is 12.3. The van der Waals surface area contributed by atoms with Crippen molar-refractivity contribution in [2.24, 2.45) is 0 Å². The molecule has 7 heteroatoms. The molecule has 3 heterocycles. The maximum Gasteiger partial charge on any atom is 0.254 e. The van der Waals surface area contributed by atoms with Gasteiger partial charge in [0.1, 0.15) is 5.82 Å². The minimum Gasteiger partial charge on any atom is -0.454 e. The zero-order chi connectivity index (χ0) is 21.7. The average molecular weight is 434 g/mol. The molecule has 0 unspecified atom stereocenters. The van der Waals surface area contributed by atoms with Gasteiger partial charge in [0, 0.05) is 38.3 Å². The van der Waals surface area contributed by atoms with Crippen LogP contribution in [0.15, 0.2) is 42.5 Å². The van der Waals surface area contributed by atoms with E-state index in [-0.39, 0.29) is 18.5 Å². The third-order valence-electron chi connectivity index (χ3n) is 6.53. The molecule has 0 saturated carbocycles. The summed E-state index contributed by atoms with van der Waals surface area (Å²) >= 11 is 0. The Kier molecular flexibility index (Phi) is 4.73. The molecule has 3 aromatic rings. The minimum atomic E-state index is -0.286. The lowest BCUT2D eigenvalue weighted by molar-refractivity contribution is 0.0328. The Balaban J connectivity index is 1.42. The number of ether oxygens (including phenoxy) is 3. The van der Waals surface area contributed by atoms with Crippen LogP contribution in [0.1, 0.15) is 15.9 Å². The van der Waals surface area contributed by atoms with E-state index in [0.717, 1.165) is 60.3 Å². The molecule has 3 aromatic carbocycles. The molecule has 1 amide bonds. The van der Waals surface area contributed by atoms with Crippen molar-refractivity contribution >= 4 is 16.7 Å². The van der Waals surface area contributed by atoms with Crippen LogP contribution < -0.4 is 9.47 Å². The van der Waals surface area contributed by atoms with Crippen molar-refractivity contribution in [3.8, 4) is 22.6 Å². The second-order valence-corrected chi connectivity index (χ2v) is 8.39. The van der Waals surface area contributed by atoms with E-state index in [1.54, 1.807) is 12.1 Å². The fraction of sp³-hybridized carbons (Fsp3) is 0.320. The number of morpholine rings is 1. The highest BCUT2D eigenvalue weighted by atomic mass is 19.1. The maximum atomic E-state index is 13.7. The lowest BCUT2D eigenvalue weighted by Gasteiger charge is -2.28. The molecule has 0 N–H and O–H groups in total. The summed E-state index contributed by atoms with van der Waals surface area (Å²) in [5.41, 5.74) is 3.53. The van der Waals surface area contributed by atoms with Gasteiger partial charge in [-0.15, -0.1) is 0 Å². The van der Waals surface area contributed by atoms with Crippen LogP contribution in [0.4, 0.5) is 4.39 Å². The summed E-state index contributed by atoms with van der Waals surface area (Å²) in [6.07, 6.45) is 0. The Morgan fingerprint density at radius 2 is 1.69 bits per heavy atom. The largest absolute Gasteiger partial charge is 0.454 e. The van der Waals surface area contributed by atoms with Crippen LogP contribution in [0, 0.1) is 5.82 Å². The molecule has 0 atom stereocenters. The van der Waals surface area contributed by atoms with E-state index in [0.29, 0.717) is 30.2 Å². The third kappa shape index (κ3) is 3.29. The SMILES string of the molecule is O=C1c2cc3cc4c(cc3c(-c3ccc(F)cc3)c2CN1CCN1CCOCC1)OCO4.